The molecule has 2 rings (SSSR count). The Bertz CT molecular complexity index is 627. The van der Waals surface area contributed by atoms with Gasteiger partial charge in [-0.15, -0.1) is 0 Å². The first-order chi connectivity index (χ1) is 10.6. The molecule has 22 heavy (non-hydrogen) atoms. The van der Waals surface area contributed by atoms with E-state index in [1.54, 1.807) is 24.3 Å². The maximum atomic E-state index is 11.8. The summed E-state index contributed by atoms with van der Waals surface area (Å²) in [6.07, 6.45) is 0.428. The van der Waals surface area contributed by atoms with Gasteiger partial charge in [0.15, 0.2) is 11.5 Å². The van der Waals surface area contributed by atoms with Gasteiger partial charge in [0.1, 0.15) is 12.3 Å². The van der Waals surface area contributed by atoms with Crippen LogP contribution in [0.4, 0.5) is 0 Å². The third-order valence-corrected chi connectivity index (χ3v) is 2.85. The second kappa shape index (κ2) is 7.21. The van der Waals surface area contributed by atoms with Crippen molar-refractivity contribution in [1.29, 1.82) is 0 Å². The standard InChI is InChI=1S/C14H15N3O5/c1-21-10-4-2-3-5-11(10)22-13(19)8-15-14(20)9-6-7-12(18)17-16-9/h2-5H,6-8H2,1H3,(H,15,20)(H,17,18). The van der Waals surface area contributed by atoms with Crippen LogP contribution in [0.2, 0.25) is 0 Å². The average Bonchev–Trinajstić information content (AvgIpc) is 2.54. The number of methoxy groups -OCH3 is 1. The van der Waals surface area contributed by atoms with Gasteiger partial charge < -0.3 is 14.8 Å². The van der Waals surface area contributed by atoms with Crippen LogP contribution >= 0.6 is 0 Å². The highest BCUT2D eigenvalue weighted by Gasteiger charge is 2.19. The number of nitrogens with one attached hydrogen (secondary N) is 2. The lowest BCUT2D eigenvalue weighted by molar-refractivity contribution is -0.135. The van der Waals surface area contributed by atoms with Crippen LogP contribution in [0.25, 0.3) is 0 Å². The molecule has 1 aliphatic rings. The van der Waals surface area contributed by atoms with Gasteiger partial charge >= 0.3 is 5.97 Å². The van der Waals surface area contributed by atoms with E-state index in [1.165, 1.54) is 7.11 Å². The van der Waals surface area contributed by atoms with Crippen LogP contribution in [0.5, 0.6) is 11.5 Å². The van der Waals surface area contributed by atoms with Gasteiger partial charge in [-0.1, -0.05) is 12.1 Å². The Morgan fingerprint density at radius 3 is 2.64 bits per heavy atom. The second-order valence-electron chi connectivity index (χ2n) is 4.40. The minimum absolute atomic E-state index is 0.171. The Morgan fingerprint density at radius 2 is 2.00 bits per heavy atom. The summed E-state index contributed by atoms with van der Waals surface area (Å²) in [6, 6.07) is 6.68. The summed E-state index contributed by atoms with van der Waals surface area (Å²) in [5.41, 5.74) is 2.38. The zero-order chi connectivity index (χ0) is 15.9. The summed E-state index contributed by atoms with van der Waals surface area (Å²) in [7, 11) is 1.46. The topological polar surface area (TPSA) is 106 Å². The molecular formula is C14H15N3O5. The van der Waals surface area contributed by atoms with Gasteiger partial charge in [-0.25, -0.2) is 10.2 Å². The molecule has 1 aromatic rings. The lowest BCUT2D eigenvalue weighted by Gasteiger charge is -2.12. The number of hydrazone groups is 1. The number of esters is 1. The van der Waals surface area contributed by atoms with Crippen molar-refractivity contribution in [2.24, 2.45) is 5.10 Å². The second-order valence-corrected chi connectivity index (χ2v) is 4.40. The molecule has 1 heterocycles. The smallest absolute Gasteiger partial charge is 0.330 e. The molecule has 0 fully saturated rings. The normalized spacial score (nSPS) is 13.7. The number of hydrogen-bond acceptors (Lipinski definition) is 6. The van der Waals surface area contributed by atoms with Gasteiger partial charge in [0, 0.05) is 12.8 Å². The van der Waals surface area contributed by atoms with E-state index >= 15 is 0 Å². The van der Waals surface area contributed by atoms with E-state index < -0.39 is 11.9 Å². The third-order valence-electron chi connectivity index (χ3n) is 2.85. The predicted molar refractivity (Wildman–Crippen MR) is 76.5 cm³/mol. The molecule has 1 aliphatic heterocycles. The molecule has 0 atom stereocenters. The molecule has 0 saturated carbocycles. The summed E-state index contributed by atoms with van der Waals surface area (Å²) >= 11 is 0. The molecule has 0 aromatic heterocycles. The van der Waals surface area contributed by atoms with Crippen molar-refractivity contribution in [3.05, 3.63) is 24.3 Å². The van der Waals surface area contributed by atoms with Crippen molar-refractivity contribution in [3.63, 3.8) is 0 Å². The Kier molecular flexibility index (Phi) is 5.07. The lowest BCUT2D eigenvalue weighted by Crippen LogP contribution is -2.39. The number of para-hydroxylation sites is 2. The minimum Gasteiger partial charge on any atom is -0.493 e. The first kappa shape index (κ1) is 15.5. The summed E-state index contributed by atoms with van der Waals surface area (Å²) in [5.74, 6) is -0.713. The molecular weight excluding hydrogens is 290 g/mol. The molecule has 0 radical (unpaired) electrons. The van der Waals surface area contributed by atoms with Crippen molar-refractivity contribution in [1.82, 2.24) is 10.7 Å². The summed E-state index contributed by atoms with van der Waals surface area (Å²) in [5, 5.41) is 6.02. The lowest BCUT2D eigenvalue weighted by atomic mass is 10.1. The van der Waals surface area contributed by atoms with E-state index in [4.69, 9.17) is 9.47 Å². The van der Waals surface area contributed by atoms with Crippen molar-refractivity contribution in [2.75, 3.05) is 13.7 Å². The van der Waals surface area contributed by atoms with Crippen molar-refractivity contribution in [2.45, 2.75) is 12.8 Å². The maximum absolute atomic E-state index is 11.8. The number of amides is 2. The highest BCUT2D eigenvalue weighted by molar-refractivity contribution is 6.39. The van der Waals surface area contributed by atoms with Crippen LogP contribution in [-0.2, 0) is 14.4 Å². The summed E-state index contributed by atoms with van der Waals surface area (Å²) in [4.78, 5) is 34.4. The molecule has 8 heteroatoms. The minimum atomic E-state index is -0.640. The number of benzene rings is 1. The summed E-state index contributed by atoms with van der Waals surface area (Å²) in [6.45, 7) is -0.316. The van der Waals surface area contributed by atoms with Crippen molar-refractivity contribution < 1.29 is 23.9 Å². The van der Waals surface area contributed by atoms with Crippen LogP contribution in [0.1, 0.15) is 12.8 Å². The number of carbonyl (C=O) groups is 3. The van der Waals surface area contributed by atoms with Crippen LogP contribution in [0, 0.1) is 0 Å². The maximum Gasteiger partial charge on any atom is 0.330 e. The fourth-order valence-electron chi connectivity index (χ4n) is 1.75. The Balaban J connectivity index is 1.85. The van der Waals surface area contributed by atoms with Gasteiger partial charge in [0.05, 0.1) is 7.11 Å². The quantitative estimate of drug-likeness (QED) is 0.587. The SMILES string of the molecule is COc1ccccc1OC(=O)CNC(=O)C1=NNC(=O)CC1. The first-order valence-electron chi connectivity index (χ1n) is 6.57. The van der Waals surface area contributed by atoms with Crippen molar-refractivity contribution >= 4 is 23.5 Å². The highest BCUT2D eigenvalue weighted by Crippen LogP contribution is 2.25. The number of nitrogens with zero attached hydrogens (tertiary/aromatic N) is 1. The van der Waals surface area contributed by atoms with Crippen LogP contribution in [0.15, 0.2) is 29.4 Å². The van der Waals surface area contributed by atoms with Gasteiger partial charge in [-0.05, 0) is 12.1 Å². The molecule has 1 aromatic carbocycles. The molecule has 2 amide bonds. The van der Waals surface area contributed by atoms with E-state index in [0.717, 1.165) is 0 Å². The van der Waals surface area contributed by atoms with Crippen LogP contribution < -0.4 is 20.2 Å². The largest absolute Gasteiger partial charge is 0.493 e. The number of ether oxygens (including phenoxy) is 2. The molecule has 0 saturated heterocycles. The Morgan fingerprint density at radius 1 is 1.27 bits per heavy atom. The van der Waals surface area contributed by atoms with Crippen LogP contribution in [0.3, 0.4) is 0 Å². The van der Waals surface area contributed by atoms with Gasteiger partial charge in [0.25, 0.3) is 5.91 Å². The molecule has 0 unspecified atom stereocenters. The predicted octanol–water partition coefficient (Wildman–Crippen LogP) is -0.0172. The van der Waals surface area contributed by atoms with E-state index in [9.17, 15) is 14.4 Å². The Hall–Kier alpha value is -2.90. The van der Waals surface area contributed by atoms with Crippen molar-refractivity contribution in [3.8, 4) is 11.5 Å². The average molecular weight is 305 g/mol. The molecule has 0 spiro atoms. The number of rotatable bonds is 5. The third kappa shape index (κ3) is 4.05. The molecule has 8 nitrogen and oxygen atoms in total. The molecule has 0 bridgehead atoms. The van der Waals surface area contributed by atoms with E-state index in [2.05, 4.69) is 15.8 Å². The highest BCUT2D eigenvalue weighted by atomic mass is 16.6. The summed E-state index contributed by atoms with van der Waals surface area (Å²) < 4.78 is 10.2. The fourth-order valence-corrected chi connectivity index (χ4v) is 1.75. The molecule has 116 valence electrons. The first-order valence-corrected chi connectivity index (χ1v) is 6.57. The number of hydrogen-bond donors (Lipinski definition) is 2. The van der Waals surface area contributed by atoms with Crippen LogP contribution in [-0.4, -0.2) is 37.1 Å². The van der Waals surface area contributed by atoms with E-state index in [-0.39, 0.29) is 36.8 Å². The van der Waals surface area contributed by atoms with E-state index in [1.807, 2.05) is 0 Å². The zero-order valence-corrected chi connectivity index (χ0v) is 11.9. The van der Waals surface area contributed by atoms with Gasteiger partial charge in [-0.2, -0.15) is 5.10 Å². The fraction of sp³-hybridized carbons (Fsp3) is 0.286. The number of carbonyl (C=O) groups excluding carboxylic acids is 3. The van der Waals surface area contributed by atoms with Gasteiger partial charge in [0.2, 0.25) is 5.91 Å². The molecule has 0 aliphatic carbocycles. The molecule has 2 N–H and O–H groups in total. The Labute approximate surface area is 126 Å². The zero-order valence-electron chi connectivity index (χ0n) is 11.9. The monoisotopic (exact) mass is 305 g/mol. The van der Waals surface area contributed by atoms with Gasteiger partial charge in [-0.3, -0.25) is 9.59 Å². The van der Waals surface area contributed by atoms with E-state index in [0.29, 0.717) is 5.75 Å².